The van der Waals surface area contributed by atoms with E-state index in [1.54, 1.807) is 19.2 Å². The summed E-state index contributed by atoms with van der Waals surface area (Å²) in [4.78, 5) is 10.5. The molecule has 0 aliphatic heterocycles. The van der Waals surface area contributed by atoms with Crippen LogP contribution in [0.15, 0.2) is 18.2 Å². The lowest BCUT2D eigenvalue weighted by atomic mass is 9.87. The average Bonchev–Trinajstić information content (AvgIpc) is 2.48. The van der Waals surface area contributed by atoms with Gasteiger partial charge in [0.05, 0.1) is 4.92 Å². The number of hydrogen-bond donors (Lipinski definition) is 2. The molecule has 1 saturated carbocycles. The minimum Gasteiger partial charge on any atom is -0.388 e. The summed E-state index contributed by atoms with van der Waals surface area (Å²) in [5.41, 5.74) is 1.70. The molecule has 0 saturated heterocycles. The molecular formula is C15H23N3O2. The zero-order chi connectivity index (χ0) is 14.4. The van der Waals surface area contributed by atoms with E-state index in [0.29, 0.717) is 0 Å². The third-order valence-corrected chi connectivity index (χ3v) is 4.02. The number of nitro groups is 1. The van der Waals surface area contributed by atoms with Crippen molar-refractivity contribution in [3.05, 3.63) is 28.3 Å². The summed E-state index contributed by atoms with van der Waals surface area (Å²) < 4.78 is 0. The van der Waals surface area contributed by atoms with Gasteiger partial charge in [-0.3, -0.25) is 10.1 Å². The molecular weight excluding hydrogens is 254 g/mol. The number of nitrogens with one attached hydrogen (secondary N) is 2. The van der Waals surface area contributed by atoms with Crippen molar-refractivity contribution in [2.75, 3.05) is 24.2 Å². The van der Waals surface area contributed by atoms with Crippen LogP contribution in [0, 0.1) is 16.0 Å². The molecule has 0 amide bonds. The number of non-ortho nitro benzene ring substituents is 1. The Kier molecular flexibility index (Phi) is 5.21. The van der Waals surface area contributed by atoms with Crippen LogP contribution in [-0.4, -0.2) is 18.5 Å². The molecule has 110 valence electrons. The van der Waals surface area contributed by atoms with E-state index in [9.17, 15) is 10.1 Å². The van der Waals surface area contributed by atoms with Crippen LogP contribution in [0.3, 0.4) is 0 Å². The molecule has 1 aromatic carbocycles. The number of nitro benzene ring substituents is 1. The summed E-state index contributed by atoms with van der Waals surface area (Å²) in [5, 5.41) is 17.2. The first-order chi connectivity index (χ1) is 9.69. The minimum atomic E-state index is -0.354. The van der Waals surface area contributed by atoms with Crippen LogP contribution in [0.25, 0.3) is 0 Å². The smallest absolute Gasteiger partial charge is 0.273 e. The van der Waals surface area contributed by atoms with Gasteiger partial charge < -0.3 is 10.6 Å². The molecule has 2 N–H and O–H groups in total. The van der Waals surface area contributed by atoms with E-state index < -0.39 is 0 Å². The normalized spacial score (nSPS) is 15.8. The largest absolute Gasteiger partial charge is 0.388 e. The van der Waals surface area contributed by atoms with Gasteiger partial charge in [0.25, 0.3) is 5.69 Å². The van der Waals surface area contributed by atoms with Crippen molar-refractivity contribution in [1.29, 1.82) is 0 Å². The number of rotatable bonds is 6. The first-order valence-corrected chi connectivity index (χ1v) is 7.40. The lowest BCUT2D eigenvalue weighted by Crippen LogP contribution is -2.12. The quantitative estimate of drug-likeness (QED) is 0.608. The number of anilines is 2. The molecule has 0 atom stereocenters. The van der Waals surface area contributed by atoms with Crippen molar-refractivity contribution >= 4 is 17.1 Å². The molecule has 0 bridgehead atoms. The molecule has 0 aromatic heterocycles. The first kappa shape index (κ1) is 14.6. The average molecular weight is 277 g/mol. The zero-order valence-electron chi connectivity index (χ0n) is 12.0. The summed E-state index contributed by atoms with van der Waals surface area (Å²) in [6.07, 6.45) is 7.89. The van der Waals surface area contributed by atoms with Crippen molar-refractivity contribution in [3.63, 3.8) is 0 Å². The fraction of sp³-hybridized carbons (Fsp3) is 0.600. The highest BCUT2D eigenvalue weighted by Crippen LogP contribution is 2.27. The maximum Gasteiger partial charge on any atom is 0.273 e. The third kappa shape index (κ3) is 4.11. The maximum absolute atomic E-state index is 10.9. The lowest BCUT2D eigenvalue weighted by molar-refractivity contribution is -0.384. The molecule has 0 spiro atoms. The van der Waals surface area contributed by atoms with E-state index in [4.69, 9.17) is 0 Å². The Morgan fingerprint density at radius 1 is 1.20 bits per heavy atom. The molecule has 5 nitrogen and oxygen atoms in total. The molecule has 2 rings (SSSR count). The number of nitrogens with zero attached hydrogens (tertiary/aromatic N) is 1. The number of hydrogen-bond acceptors (Lipinski definition) is 4. The minimum absolute atomic E-state index is 0.122. The fourth-order valence-electron chi connectivity index (χ4n) is 2.86. The summed E-state index contributed by atoms with van der Waals surface area (Å²) in [6, 6.07) is 5.06. The van der Waals surface area contributed by atoms with Crippen LogP contribution in [0.5, 0.6) is 0 Å². The second kappa shape index (κ2) is 7.12. The van der Waals surface area contributed by atoms with Crippen molar-refractivity contribution in [3.8, 4) is 0 Å². The van der Waals surface area contributed by atoms with Crippen LogP contribution in [0.2, 0.25) is 0 Å². The van der Waals surface area contributed by atoms with E-state index in [2.05, 4.69) is 10.6 Å². The van der Waals surface area contributed by atoms with Crippen LogP contribution in [0.1, 0.15) is 38.5 Å². The van der Waals surface area contributed by atoms with Gasteiger partial charge in [-0.15, -0.1) is 0 Å². The first-order valence-electron chi connectivity index (χ1n) is 7.40. The van der Waals surface area contributed by atoms with Crippen LogP contribution < -0.4 is 10.6 Å². The Hall–Kier alpha value is -1.78. The Morgan fingerprint density at radius 2 is 1.90 bits per heavy atom. The zero-order valence-corrected chi connectivity index (χ0v) is 12.0. The van der Waals surface area contributed by atoms with Crippen molar-refractivity contribution in [2.45, 2.75) is 38.5 Å². The summed E-state index contributed by atoms with van der Waals surface area (Å²) in [5.74, 6) is 0.818. The highest BCUT2D eigenvalue weighted by Gasteiger charge is 2.13. The Bertz CT molecular complexity index is 456. The van der Waals surface area contributed by atoms with Gasteiger partial charge in [0, 0.05) is 37.1 Å². The summed E-state index contributed by atoms with van der Waals surface area (Å²) in [6.45, 7) is 0.884. The molecule has 5 heteroatoms. The fourth-order valence-corrected chi connectivity index (χ4v) is 2.86. The van der Waals surface area contributed by atoms with Gasteiger partial charge in [0.2, 0.25) is 0 Å². The maximum atomic E-state index is 10.9. The predicted molar refractivity (Wildman–Crippen MR) is 82.3 cm³/mol. The van der Waals surface area contributed by atoms with Crippen LogP contribution >= 0.6 is 0 Å². The monoisotopic (exact) mass is 277 g/mol. The van der Waals surface area contributed by atoms with Gasteiger partial charge in [-0.25, -0.2) is 0 Å². The van der Waals surface area contributed by atoms with Gasteiger partial charge >= 0.3 is 0 Å². The van der Waals surface area contributed by atoms with Crippen LogP contribution in [-0.2, 0) is 0 Å². The molecule has 1 fully saturated rings. The van der Waals surface area contributed by atoms with Crippen molar-refractivity contribution in [2.24, 2.45) is 5.92 Å². The molecule has 0 radical (unpaired) electrons. The Balaban J connectivity index is 1.91. The van der Waals surface area contributed by atoms with Gasteiger partial charge in [0.15, 0.2) is 0 Å². The van der Waals surface area contributed by atoms with Gasteiger partial charge in [-0.2, -0.15) is 0 Å². The second-order valence-electron chi connectivity index (χ2n) is 5.50. The summed E-state index contributed by atoms with van der Waals surface area (Å²) >= 11 is 0. The second-order valence-corrected chi connectivity index (χ2v) is 5.50. The highest BCUT2D eigenvalue weighted by molar-refractivity contribution is 5.63. The third-order valence-electron chi connectivity index (χ3n) is 4.02. The van der Waals surface area contributed by atoms with Crippen molar-refractivity contribution in [1.82, 2.24) is 0 Å². The molecule has 0 unspecified atom stereocenters. The predicted octanol–water partition coefficient (Wildman–Crippen LogP) is 4.02. The molecule has 1 aliphatic rings. The van der Waals surface area contributed by atoms with E-state index >= 15 is 0 Å². The highest BCUT2D eigenvalue weighted by atomic mass is 16.6. The number of benzene rings is 1. The lowest BCUT2D eigenvalue weighted by Gasteiger charge is -2.21. The van der Waals surface area contributed by atoms with E-state index in [-0.39, 0.29) is 10.6 Å². The van der Waals surface area contributed by atoms with E-state index in [0.717, 1.165) is 30.3 Å². The van der Waals surface area contributed by atoms with Gasteiger partial charge in [0.1, 0.15) is 0 Å². The van der Waals surface area contributed by atoms with E-state index in [1.165, 1.54) is 32.1 Å². The van der Waals surface area contributed by atoms with Gasteiger partial charge in [-0.05, 0) is 18.4 Å². The SMILES string of the molecule is CNc1cc(NCCC2CCCCC2)cc([N+](=O)[O-])c1. The Morgan fingerprint density at radius 3 is 2.55 bits per heavy atom. The summed E-state index contributed by atoms with van der Waals surface area (Å²) in [7, 11) is 1.77. The van der Waals surface area contributed by atoms with Crippen molar-refractivity contribution < 1.29 is 4.92 Å². The van der Waals surface area contributed by atoms with Gasteiger partial charge in [-0.1, -0.05) is 32.1 Å². The molecule has 1 aromatic rings. The topological polar surface area (TPSA) is 67.2 Å². The Labute approximate surface area is 119 Å². The standard InChI is InChI=1S/C15H23N3O2/c1-16-13-9-14(11-15(10-13)18(19)20)17-8-7-12-5-3-2-4-6-12/h9-12,16-17H,2-8H2,1H3. The molecule has 20 heavy (non-hydrogen) atoms. The molecule has 0 heterocycles. The van der Waals surface area contributed by atoms with E-state index in [1.807, 2.05) is 6.07 Å². The van der Waals surface area contributed by atoms with Crippen LogP contribution in [0.4, 0.5) is 17.1 Å². The molecule has 1 aliphatic carbocycles.